The average Bonchev–Trinajstić information content (AvgIpc) is 2.99. The molecule has 0 aromatic heterocycles. The van der Waals surface area contributed by atoms with Crippen molar-refractivity contribution < 1.29 is 49.3 Å². The van der Waals surface area contributed by atoms with Crippen LogP contribution in [0.25, 0.3) is 0 Å². The molecule has 10 atom stereocenters. The van der Waals surface area contributed by atoms with Crippen molar-refractivity contribution in [1.29, 1.82) is 0 Å². The Kier molecular flexibility index (Phi) is 8.52. The minimum absolute atomic E-state index is 0.105. The van der Waals surface area contributed by atoms with Crippen LogP contribution in [0.3, 0.4) is 0 Å². The maximum atomic E-state index is 11.8. The second-order valence-corrected chi connectivity index (χ2v) is 10.3. The molecule has 5 aliphatic rings. The molecule has 1 aliphatic carbocycles. The van der Waals surface area contributed by atoms with Gasteiger partial charge < -0.3 is 44.5 Å². The van der Waals surface area contributed by atoms with E-state index in [0.29, 0.717) is 6.61 Å². The smallest absolute Gasteiger partial charge is 0.335 e. The van der Waals surface area contributed by atoms with Crippen molar-refractivity contribution in [2.24, 2.45) is 17.8 Å². The fourth-order valence-corrected chi connectivity index (χ4v) is 6.04. The second-order valence-electron chi connectivity index (χ2n) is 10.3. The first-order valence-electron chi connectivity index (χ1n) is 12.9. The lowest BCUT2D eigenvalue weighted by molar-refractivity contribution is -0.395. The zero-order chi connectivity index (χ0) is 24.5. The second kappa shape index (κ2) is 11.0. The lowest BCUT2D eigenvalue weighted by atomic mass is 9.63. The molecule has 2 bridgehead atoms. The molecule has 34 heavy (non-hydrogen) atoms. The van der Waals surface area contributed by atoms with Crippen LogP contribution in [0.4, 0.5) is 0 Å². The van der Waals surface area contributed by atoms with Gasteiger partial charge in [-0.05, 0) is 12.3 Å². The summed E-state index contributed by atoms with van der Waals surface area (Å²) in [6.45, 7) is 2.40. The first-order chi connectivity index (χ1) is 16.3. The summed E-state index contributed by atoms with van der Waals surface area (Å²) < 4.78 is 24.0. The molecule has 0 unspecified atom stereocenters. The van der Waals surface area contributed by atoms with E-state index in [2.05, 4.69) is 6.92 Å². The number of fused-ring (bicyclic) bond motifs is 3. The molecule has 10 nitrogen and oxygen atoms in total. The number of aliphatic hydroxyl groups excluding tert-OH is 4. The van der Waals surface area contributed by atoms with E-state index in [1.165, 1.54) is 19.3 Å². The molecule has 0 radical (unpaired) electrons. The normalized spacial score (nSPS) is 44.7. The van der Waals surface area contributed by atoms with Gasteiger partial charge in [0.2, 0.25) is 5.79 Å². The van der Waals surface area contributed by atoms with E-state index in [1.807, 2.05) is 0 Å². The van der Waals surface area contributed by atoms with Gasteiger partial charge in [0.05, 0.1) is 18.6 Å². The Morgan fingerprint density at radius 3 is 2.35 bits per heavy atom. The predicted octanol–water partition coefficient (Wildman–Crippen LogP) is 0.774. The summed E-state index contributed by atoms with van der Waals surface area (Å²) in [5.74, 6) is -4.69. The first kappa shape index (κ1) is 26.2. The van der Waals surface area contributed by atoms with E-state index in [4.69, 9.17) is 18.9 Å². The van der Waals surface area contributed by atoms with E-state index in [9.17, 15) is 30.3 Å². The molecule has 10 heteroatoms. The van der Waals surface area contributed by atoms with Crippen LogP contribution >= 0.6 is 0 Å². The number of hydrogen-bond donors (Lipinski definition) is 5. The third-order valence-electron chi connectivity index (χ3n) is 8.15. The maximum absolute atomic E-state index is 11.8. The van der Waals surface area contributed by atoms with Crippen LogP contribution in [0.15, 0.2) is 0 Å². The monoisotopic (exact) mass is 488 g/mol. The molecular formula is C24H40O10. The highest BCUT2D eigenvalue weighted by Gasteiger charge is 2.69. The van der Waals surface area contributed by atoms with Crippen molar-refractivity contribution in [1.82, 2.24) is 0 Å². The number of rotatable bonds is 10. The number of hydrogen-bond acceptors (Lipinski definition) is 9. The summed E-state index contributed by atoms with van der Waals surface area (Å²) in [6, 6.07) is 0. The minimum atomic E-state index is -2.00. The zero-order valence-corrected chi connectivity index (χ0v) is 19.8. The molecule has 5 N–H and O–H groups in total. The minimum Gasteiger partial charge on any atom is -0.479 e. The number of aliphatic hydroxyl groups is 4. The molecule has 1 saturated carbocycles. The Hall–Kier alpha value is -0.850. The molecule has 0 aromatic rings. The van der Waals surface area contributed by atoms with E-state index in [-0.39, 0.29) is 12.5 Å². The Morgan fingerprint density at radius 1 is 1.00 bits per heavy atom. The highest BCUT2D eigenvalue weighted by molar-refractivity contribution is 5.73. The standard InChI is InChI=1S/C24H40O10/c1-2-3-4-5-6-7-11-31-23-16-15(13-9-8-10-13)17(25)14(33-23)12-32-24(16)21(28)19(27)18(26)20(34-24)22(29)30/h13-21,23,25-28H,2-12H2,1H3,(H,29,30)/t14-,15-,16-,17-,18-,19+,20+,21-,23-,24+/m1/s1. The Labute approximate surface area is 200 Å². The lowest BCUT2D eigenvalue weighted by Crippen LogP contribution is -2.72. The van der Waals surface area contributed by atoms with Crippen LogP contribution in [0.5, 0.6) is 0 Å². The fraction of sp³-hybridized carbons (Fsp3) is 0.958. The van der Waals surface area contributed by atoms with Crippen molar-refractivity contribution in [3.8, 4) is 0 Å². The van der Waals surface area contributed by atoms with E-state index < -0.39 is 66.5 Å². The average molecular weight is 489 g/mol. The third kappa shape index (κ3) is 4.76. The van der Waals surface area contributed by atoms with Crippen molar-refractivity contribution in [3.05, 3.63) is 0 Å². The summed E-state index contributed by atoms with van der Waals surface area (Å²) in [5, 5.41) is 52.8. The molecule has 4 heterocycles. The summed E-state index contributed by atoms with van der Waals surface area (Å²) in [4.78, 5) is 11.8. The van der Waals surface area contributed by atoms with Crippen LogP contribution in [0, 0.1) is 17.8 Å². The van der Waals surface area contributed by atoms with E-state index >= 15 is 0 Å². The van der Waals surface area contributed by atoms with Gasteiger partial charge in [-0.15, -0.1) is 0 Å². The highest BCUT2D eigenvalue weighted by atomic mass is 16.8. The molecule has 5 fully saturated rings. The molecule has 5 rings (SSSR count). The lowest BCUT2D eigenvalue weighted by Gasteiger charge is -2.55. The van der Waals surface area contributed by atoms with Gasteiger partial charge in [0.1, 0.15) is 24.4 Å². The molecule has 0 aromatic carbocycles. The SMILES string of the molecule is CCCCCCCCO[C@@H]1O[C@@H]2CO[C@]3(O[C@H](C(=O)O)[C@H](O)[C@H](O)[C@H]3O)[C@@H]1[C@@H](C1CCC1)[C@@H]2O. The Bertz CT molecular complexity index is 687. The van der Waals surface area contributed by atoms with Gasteiger partial charge >= 0.3 is 5.97 Å². The van der Waals surface area contributed by atoms with Gasteiger partial charge in [0.15, 0.2) is 12.4 Å². The van der Waals surface area contributed by atoms with Gasteiger partial charge in [-0.25, -0.2) is 4.79 Å². The number of carbonyl (C=O) groups is 1. The zero-order valence-electron chi connectivity index (χ0n) is 19.8. The van der Waals surface area contributed by atoms with Crippen LogP contribution in [0.2, 0.25) is 0 Å². The van der Waals surface area contributed by atoms with E-state index in [0.717, 1.165) is 38.5 Å². The van der Waals surface area contributed by atoms with Crippen molar-refractivity contribution >= 4 is 5.97 Å². The van der Waals surface area contributed by atoms with Crippen LogP contribution < -0.4 is 0 Å². The van der Waals surface area contributed by atoms with Gasteiger partial charge in [0, 0.05) is 12.5 Å². The largest absolute Gasteiger partial charge is 0.479 e. The Morgan fingerprint density at radius 2 is 1.71 bits per heavy atom. The topological polar surface area (TPSA) is 155 Å². The van der Waals surface area contributed by atoms with Crippen molar-refractivity contribution in [2.45, 2.75) is 113 Å². The van der Waals surface area contributed by atoms with E-state index in [1.54, 1.807) is 0 Å². The summed E-state index contributed by atoms with van der Waals surface area (Å²) >= 11 is 0. The summed E-state index contributed by atoms with van der Waals surface area (Å²) in [5.41, 5.74) is 0. The highest BCUT2D eigenvalue weighted by Crippen LogP contribution is 2.54. The molecule has 196 valence electrons. The summed E-state index contributed by atoms with van der Waals surface area (Å²) in [7, 11) is 0. The van der Waals surface area contributed by atoms with Crippen LogP contribution in [0.1, 0.15) is 64.7 Å². The summed E-state index contributed by atoms with van der Waals surface area (Å²) in [6.07, 6.45) is -0.563. The number of ether oxygens (including phenoxy) is 4. The molecule has 0 amide bonds. The van der Waals surface area contributed by atoms with Crippen LogP contribution in [-0.2, 0) is 23.7 Å². The van der Waals surface area contributed by atoms with Gasteiger partial charge in [0.25, 0.3) is 0 Å². The number of carboxylic acids is 1. The number of carboxylic acid groups (broad SMARTS) is 1. The van der Waals surface area contributed by atoms with Crippen molar-refractivity contribution in [2.75, 3.05) is 13.2 Å². The predicted molar refractivity (Wildman–Crippen MR) is 118 cm³/mol. The number of aliphatic carboxylic acids is 1. The quantitative estimate of drug-likeness (QED) is 0.279. The van der Waals surface area contributed by atoms with Gasteiger partial charge in [-0.2, -0.15) is 0 Å². The fourth-order valence-electron chi connectivity index (χ4n) is 6.04. The molecule has 4 aliphatic heterocycles. The van der Waals surface area contributed by atoms with Gasteiger partial charge in [-0.3, -0.25) is 0 Å². The molecule has 1 spiro atoms. The number of unbranched alkanes of at least 4 members (excludes halogenated alkanes) is 5. The maximum Gasteiger partial charge on any atom is 0.335 e. The van der Waals surface area contributed by atoms with Crippen LogP contribution in [-0.4, -0.2) is 93.4 Å². The third-order valence-corrected chi connectivity index (χ3v) is 8.15. The molecular weight excluding hydrogens is 448 g/mol. The molecule has 4 saturated heterocycles. The Balaban J connectivity index is 1.59. The van der Waals surface area contributed by atoms with Gasteiger partial charge in [-0.1, -0.05) is 58.3 Å². The van der Waals surface area contributed by atoms with Crippen molar-refractivity contribution in [3.63, 3.8) is 0 Å². The first-order valence-corrected chi connectivity index (χ1v) is 12.9.